The normalized spacial score (nSPS) is 21.3. The second-order valence-electron chi connectivity index (χ2n) is 7.63. The number of hydrogen-bond acceptors (Lipinski definition) is 3. The topological polar surface area (TPSA) is 44.7 Å². The Labute approximate surface area is 194 Å². The first kappa shape index (κ1) is 24.6. The third kappa shape index (κ3) is 7.54. The van der Waals surface area contributed by atoms with Crippen molar-refractivity contribution >= 4 is 64.1 Å². The van der Waals surface area contributed by atoms with E-state index < -0.39 is 0 Å². The number of amidine groups is 1. The summed E-state index contributed by atoms with van der Waals surface area (Å²) in [5.41, 5.74) is 0.643. The Morgan fingerprint density at radius 1 is 1.21 bits per heavy atom. The van der Waals surface area contributed by atoms with Gasteiger partial charge in [-0.3, -0.25) is 9.79 Å². The summed E-state index contributed by atoms with van der Waals surface area (Å²) in [4.78, 5) is 20.1. The zero-order chi connectivity index (χ0) is 19.9. The molecule has 1 aliphatic carbocycles. The van der Waals surface area contributed by atoms with E-state index in [4.69, 9.17) is 28.2 Å². The van der Waals surface area contributed by atoms with Crippen LogP contribution in [0.25, 0.3) is 0 Å². The van der Waals surface area contributed by atoms with Gasteiger partial charge in [-0.15, -0.1) is 12.4 Å². The van der Waals surface area contributed by atoms with Gasteiger partial charge < -0.3 is 10.2 Å². The highest BCUT2D eigenvalue weighted by Crippen LogP contribution is 2.30. The number of unbranched alkanes of at least 4 members (excludes halogenated alkanes) is 1. The molecule has 1 aromatic rings. The summed E-state index contributed by atoms with van der Waals surface area (Å²) in [5, 5.41) is 5.12. The number of anilines is 1. The Bertz CT molecular complexity index is 690. The van der Waals surface area contributed by atoms with Gasteiger partial charge in [0.15, 0.2) is 5.17 Å². The number of carbonyl (C=O) groups excluding carboxylic acids is 1. The lowest BCUT2D eigenvalue weighted by molar-refractivity contribution is -0.116. The van der Waals surface area contributed by atoms with Crippen LogP contribution in [0.1, 0.15) is 58.3 Å². The van der Waals surface area contributed by atoms with Crippen molar-refractivity contribution in [3.63, 3.8) is 0 Å². The average Bonchev–Trinajstić information content (AvgIpc) is 3.01. The zero-order valence-electron chi connectivity index (χ0n) is 16.8. The lowest BCUT2D eigenvalue weighted by atomic mass is 9.96. The van der Waals surface area contributed by atoms with E-state index in [0.29, 0.717) is 28.2 Å². The van der Waals surface area contributed by atoms with Crippen molar-refractivity contribution in [2.75, 3.05) is 17.6 Å². The molecule has 0 bridgehead atoms. The molecule has 1 aromatic carbocycles. The van der Waals surface area contributed by atoms with E-state index in [0.717, 1.165) is 30.3 Å². The van der Waals surface area contributed by atoms with Crippen LogP contribution in [-0.4, -0.2) is 40.4 Å². The van der Waals surface area contributed by atoms with Gasteiger partial charge in [0.05, 0.1) is 6.04 Å². The lowest BCUT2D eigenvalue weighted by Gasteiger charge is -2.27. The maximum absolute atomic E-state index is 12.6. The zero-order valence-corrected chi connectivity index (χ0v) is 20.0. The molecule has 1 N–H and O–H groups in total. The van der Waals surface area contributed by atoms with Crippen LogP contribution in [0.5, 0.6) is 0 Å². The second-order valence-corrected chi connectivity index (χ2v) is 9.49. The molecule has 0 radical (unpaired) electrons. The molecule has 2 fully saturated rings. The molecule has 29 heavy (non-hydrogen) atoms. The Morgan fingerprint density at radius 2 is 1.90 bits per heavy atom. The van der Waals surface area contributed by atoms with Crippen LogP contribution in [-0.2, 0) is 4.79 Å². The molecule has 0 spiro atoms. The standard InChI is InChI=1S/C21H29Cl2N3OS.ClH/c1-2-3-9-26-19(14-28-21(26)25-17-7-5-4-6-8-17)13-20(27)24-18-11-15(22)10-16(23)12-18;/h10-12,17,19H,2-9,13-14H2,1H3,(H,24,27);1H/b25-21-;. The average molecular weight is 479 g/mol. The molecule has 1 amide bonds. The largest absolute Gasteiger partial charge is 0.347 e. The lowest BCUT2D eigenvalue weighted by Crippen LogP contribution is -2.38. The summed E-state index contributed by atoms with van der Waals surface area (Å²) in [5.74, 6) is 0.906. The predicted molar refractivity (Wildman–Crippen MR) is 129 cm³/mol. The van der Waals surface area contributed by atoms with Crippen molar-refractivity contribution in [3.05, 3.63) is 28.2 Å². The molecular formula is C21H30Cl3N3OS. The molecule has 162 valence electrons. The molecule has 1 saturated carbocycles. The smallest absolute Gasteiger partial charge is 0.226 e. The van der Waals surface area contributed by atoms with Gasteiger partial charge in [-0.25, -0.2) is 0 Å². The van der Waals surface area contributed by atoms with Crippen molar-refractivity contribution in [2.45, 2.75) is 70.4 Å². The van der Waals surface area contributed by atoms with E-state index in [1.165, 1.54) is 32.1 Å². The van der Waals surface area contributed by atoms with Gasteiger partial charge in [0.1, 0.15) is 0 Å². The molecule has 1 saturated heterocycles. The fourth-order valence-corrected chi connectivity index (χ4v) is 5.60. The van der Waals surface area contributed by atoms with Crippen LogP contribution in [0, 0.1) is 0 Å². The molecule has 1 unspecified atom stereocenters. The summed E-state index contributed by atoms with van der Waals surface area (Å²) in [6.07, 6.45) is 9.02. The molecule has 2 aliphatic rings. The maximum atomic E-state index is 12.6. The van der Waals surface area contributed by atoms with Crippen LogP contribution in [0.3, 0.4) is 0 Å². The van der Waals surface area contributed by atoms with Gasteiger partial charge in [-0.05, 0) is 37.5 Å². The maximum Gasteiger partial charge on any atom is 0.226 e. The third-order valence-electron chi connectivity index (χ3n) is 5.28. The van der Waals surface area contributed by atoms with E-state index in [2.05, 4.69) is 17.1 Å². The highest BCUT2D eigenvalue weighted by Gasteiger charge is 2.32. The van der Waals surface area contributed by atoms with E-state index in [-0.39, 0.29) is 24.4 Å². The number of nitrogens with zero attached hydrogens (tertiary/aromatic N) is 2. The second kappa shape index (κ2) is 12.3. The highest BCUT2D eigenvalue weighted by atomic mass is 35.5. The van der Waals surface area contributed by atoms with E-state index >= 15 is 0 Å². The van der Waals surface area contributed by atoms with Crippen LogP contribution < -0.4 is 5.32 Å². The van der Waals surface area contributed by atoms with Crippen LogP contribution >= 0.6 is 47.4 Å². The number of rotatable bonds is 7. The summed E-state index contributed by atoms with van der Waals surface area (Å²) >= 11 is 13.9. The number of amides is 1. The molecular weight excluding hydrogens is 449 g/mol. The Morgan fingerprint density at radius 3 is 2.55 bits per heavy atom. The number of thioether (sulfide) groups is 1. The monoisotopic (exact) mass is 477 g/mol. The molecule has 1 atom stereocenters. The number of benzene rings is 1. The SMILES string of the molecule is CCCCN1/C(=N/C2CCCCC2)SCC1CC(=O)Nc1cc(Cl)cc(Cl)c1.Cl. The van der Waals surface area contributed by atoms with Crippen LogP contribution in [0.15, 0.2) is 23.2 Å². The fraction of sp³-hybridized carbons (Fsp3) is 0.619. The number of nitrogens with one attached hydrogen (secondary N) is 1. The van der Waals surface area contributed by atoms with Gasteiger partial charge in [0.25, 0.3) is 0 Å². The minimum absolute atomic E-state index is 0. The molecule has 1 aliphatic heterocycles. The Balaban J connectivity index is 0.00000300. The van der Waals surface area contributed by atoms with Gasteiger partial charge in [0, 0.05) is 40.5 Å². The van der Waals surface area contributed by atoms with Crippen molar-refractivity contribution in [1.29, 1.82) is 0 Å². The predicted octanol–water partition coefficient (Wildman–Crippen LogP) is 6.65. The molecule has 8 heteroatoms. The first-order chi connectivity index (χ1) is 13.5. The number of halogens is 3. The number of aliphatic imine (C=N–C) groups is 1. The van der Waals surface area contributed by atoms with Gasteiger partial charge in [-0.1, -0.05) is 67.6 Å². The summed E-state index contributed by atoms with van der Waals surface area (Å²) in [7, 11) is 0. The van der Waals surface area contributed by atoms with E-state index in [1.807, 2.05) is 11.8 Å². The fourth-order valence-electron chi connectivity index (χ4n) is 3.81. The van der Waals surface area contributed by atoms with E-state index in [1.54, 1.807) is 18.2 Å². The first-order valence-electron chi connectivity index (χ1n) is 10.3. The van der Waals surface area contributed by atoms with Crippen molar-refractivity contribution in [3.8, 4) is 0 Å². The molecule has 3 rings (SSSR count). The minimum Gasteiger partial charge on any atom is -0.347 e. The van der Waals surface area contributed by atoms with Crippen LogP contribution in [0.4, 0.5) is 5.69 Å². The summed E-state index contributed by atoms with van der Waals surface area (Å²) < 4.78 is 0. The summed E-state index contributed by atoms with van der Waals surface area (Å²) in [6, 6.07) is 5.75. The van der Waals surface area contributed by atoms with Gasteiger partial charge in [-0.2, -0.15) is 0 Å². The Hall–Kier alpha value is -0.620. The first-order valence-corrected chi connectivity index (χ1v) is 12.0. The van der Waals surface area contributed by atoms with Crippen LogP contribution in [0.2, 0.25) is 10.0 Å². The third-order valence-corrected chi connectivity index (χ3v) is 6.86. The molecule has 1 heterocycles. The van der Waals surface area contributed by atoms with Crippen molar-refractivity contribution < 1.29 is 4.79 Å². The molecule has 4 nitrogen and oxygen atoms in total. The quantitative estimate of drug-likeness (QED) is 0.477. The van der Waals surface area contributed by atoms with Crippen molar-refractivity contribution in [2.24, 2.45) is 4.99 Å². The van der Waals surface area contributed by atoms with Crippen molar-refractivity contribution in [1.82, 2.24) is 4.90 Å². The minimum atomic E-state index is -0.00986. The number of hydrogen-bond donors (Lipinski definition) is 1. The van der Waals surface area contributed by atoms with Gasteiger partial charge in [0.2, 0.25) is 5.91 Å². The number of carbonyl (C=O) groups is 1. The summed E-state index contributed by atoms with van der Waals surface area (Å²) in [6.45, 7) is 3.17. The van der Waals surface area contributed by atoms with Gasteiger partial charge >= 0.3 is 0 Å². The molecule has 0 aromatic heterocycles. The van der Waals surface area contributed by atoms with E-state index in [9.17, 15) is 4.79 Å². The Kier molecular flexibility index (Phi) is 10.4. The highest BCUT2D eigenvalue weighted by molar-refractivity contribution is 8.14.